The standard InChI is InChI=1S/C19H25N5/c1-13-6-8-16(9-7-13)18-15(3)19-21-14(2)12-17(24(19)22-18)20-10-11-23(4)5/h6-9,12,20H,10-11H2,1-5H3. The number of hydrogen-bond acceptors (Lipinski definition) is 4. The average molecular weight is 323 g/mol. The van der Waals surface area contributed by atoms with Gasteiger partial charge in [0.1, 0.15) is 5.82 Å². The van der Waals surface area contributed by atoms with E-state index in [1.807, 2.05) is 17.5 Å². The molecule has 0 bridgehead atoms. The van der Waals surface area contributed by atoms with Crippen molar-refractivity contribution >= 4 is 11.5 Å². The van der Waals surface area contributed by atoms with Gasteiger partial charge in [-0.3, -0.25) is 0 Å². The van der Waals surface area contributed by atoms with E-state index in [-0.39, 0.29) is 0 Å². The molecule has 126 valence electrons. The van der Waals surface area contributed by atoms with Crippen LogP contribution in [0.5, 0.6) is 0 Å². The van der Waals surface area contributed by atoms with E-state index in [0.717, 1.165) is 47.1 Å². The molecule has 2 aromatic heterocycles. The Morgan fingerprint density at radius 3 is 2.46 bits per heavy atom. The number of aryl methyl sites for hydroxylation is 3. The molecule has 5 heteroatoms. The highest BCUT2D eigenvalue weighted by Crippen LogP contribution is 2.27. The lowest BCUT2D eigenvalue weighted by Gasteiger charge is -2.12. The van der Waals surface area contributed by atoms with Gasteiger partial charge >= 0.3 is 0 Å². The van der Waals surface area contributed by atoms with Crippen molar-refractivity contribution in [3.05, 3.63) is 47.2 Å². The minimum Gasteiger partial charge on any atom is -0.369 e. The number of nitrogens with one attached hydrogen (secondary N) is 1. The van der Waals surface area contributed by atoms with Crippen molar-refractivity contribution in [1.82, 2.24) is 19.5 Å². The van der Waals surface area contributed by atoms with E-state index in [1.54, 1.807) is 0 Å². The Labute approximate surface area is 143 Å². The van der Waals surface area contributed by atoms with Crippen LogP contribution < -0.4 is 5.32 Å². The first-order valence-corrected chi connectivity index (χ1v) is 8.28. The fraction of sp³-hybridized carbons (Fsp3) is 0.368. The molecule has 0 fully saturated rings. The zero-order valence-corrected chi connectivity index (χ0v) is 15.1. The molecule has 0 aliphatic heterocycles. The van der Waals surface area contributed by atoms with Gasteiger partial charge in [0, 0.05) is 36.0 Å². The van der Waals surface area contributed by atoms with Gasteiger partial charge in [-0.25, -0.2) is 4.98 Å². The normalized spacial score (nSPS) is 11.4. The van der Waals surface area contributed by atoms with E-state index in [0.29, 0.717) is 0 Å². The number of anilines is 1. The topological polar surface area (TPSA) is 45.5 Å². The monoisotopic (exact) mass is 323 g/mol. The second kappa shape index (κ2) is 6.61. The SMILES string of the molecule is Cc1ccc(-c2nn3c(NCCN(C)C)cc(C)nc3c2C)cc1. The van der Waals surface area contributed by atoms with Crippen molar-refractivity contribution in [2.75, 3.05) is 32.5 Å². The summed E-state index contributed by atoms with van der Waals surface area (Å²) in [5.74, 6) is 0.987. The molecule has 0 saturated carbocycles. The van der Waals surface area contributed by atoms with Gasteiger partial charge in [-0.15, -0.1) is 0 Å². The minimum absolute atomic E-state index is 0.865. The summed E-state index contributed by atoms with van der Waals surface area (Å²) in [4.78, 5) is 6.85. The summed E-state index contributed by atoms with van der Waals surface area (Å²) in [6.07, 6.45) is 0. The predicted octanol–water partition coefficient (Wildman–Crippen LogP) is 3.30. The molecule has 0 atom stereocenters. The van der Waals surface area contributed by atoms with E-state index < -0.39 is 0 Å². The van der Waals surface area contributed by atoms with Crippen molar-refractivity contribution in [3.8, 4) is 11.3 Å². The molecule has 1 aromatic carbocycles. The molecule has 0 spiro atoms. The Bertz CT molecular complexity index is 846. The number of hydrogen-bond donors (Lipinski definition) is 1. The zero-order valence-electron chi connectivity index (χ0n) is 15.1. The van der Waals surface area contributed by atoms with Gasteiger partial charge in [-0.2, -0.15) is 9.61 Å². The molecule has 1 N–H and O–H groups in total. The van der Waals surface area contributed by atoms with Crippen LogP contribution in [0.25, 0.3) is 16.9 Å². The van der Waals surface area contributed by atoms with Crippen LogP contribution in [0.2, 0.25) is 0 Å². The Kier molecular flexibility index (Phi) is 4.53. The summed E-state index contributed by atoms with van der Waals surface area (Å²) in [5, 5.41) is 8.31. The highest BCUT2D eigenvalue weighted by Gasteiger charge is 2.15. The van der Waals surface area contributed by atoms with Crippen molar-refractivity contribution in [3.63, 3.8) is 0 Å². The molecule has 0 unspecified atom stereocenters. The summed E-state index contributed by atoms with van der Waals surface area (Å²) < 4.78 is 1.92. The van der Waals surface area contributed by atoms with Crippen LogP contribution in [0.15, 0.2) is 30.3 Å². The van der Waals surface area contributed by atoms with Crippen LogP contribution in [-0.2, 0) is 0 Å². The third-order valence-electron chi connectivity index (χ3n) is 4.14. The lowest BCUT2D eigenvalue weighted by molar-refractivity contribution is 0.425. The van der Waals surface area contributed by atoms with E-state index >= 15 is 0 Å². The van der Waals surface area contributed by atoms with E-state index in [9.17, 15) is 0 Å². The number of benzene rings is 1. The number of fused-ring (bicyclic) bond motifs is 1. The minimum atomic E-state index is 0.865. The Morgan fingerprint density at radius 1 is 1.08 bits per heavy atom. The molecule has 3 aromatic rings. The summed E-state index contributed by atoms with van der Waals surface area (Å²) in [5.41, 5.74) is 6.38. The van der Waals surface area contributed by atoms with Gasteiger partial charge in [-0.1, -0.05) is 29.8 Å². The second-order valence-corrected chi connectivity index (χ2v) is 6.59. The molecule has 0 aliphatic rings. The van der Waals surface area contributed by atoms with Crippen molar-refractivity contribution in [2.45, 2.75) is 20.8 Å². The number of aromatic nitrogens is 3. The van der Waals surface area contributed by atoms with Crippen LogP contribution in [0.1, 0.15) is 16.8 Å². The smallest absolute Gasteiger partial charge is 0.161 e. The van der Waals surface area contributed by atoms with Crippen molar-refractivity contribution < 1.29 is 0 Å². The third kappa shape index (κ3) is 3.26. The molecule has 24 heavy (non-hydrogen) atoms. The van der Waals surface area contributed by atoms with Gasteiger partial charge in [0.05, 0.1) is 5.69 Å². The molecule has 0 radical (unpaired) electrons. The summed E-state index contributed by atoms with van der Waals surface area (Å²) in [6, 6.07) is 10.5. The number of likely N-dealkylation sites (N-methyl/N-ethyl adjacent to an activating group) is 1. The highest BCUT2D eigenvalue weighted by atomic mass is 15.3. The lowest BCUT2D eigenvalue weighted by Crippen LogP contribution is -2.21. The molecule has 0 saturated heterocycles. The maximum Gasteiger partial charge on any atom is 0.161 e. The second-order valence-electron chi connectivity index (χ2n) is 6.59. The van der Waals surface area contributed by atoms with Gasteiger partial charge in [-0.05, 0) is 34.9 Å². The molecule has 0 amide bonds. The predicted molar refractivity (Wildman–Crippen MR) is 99.7 cm³/mol. The first-order chi connectivity index (χ1) is 11.5. The number of rotatable bonds is 5. The summed E-state index contributed by atoms with van der Waals surface area (Å²) in [6.45, 7) is 8.04. The highest BCUT2D eigenvalue weighted by molar-refractivity contribution is 5.71. The average Bonchev–Trinajstić information content (AvgIpc) is 2.85. The van der Waals surface area contributed by atoms with E-state index in [1.165, 1.54) is 5.56 Å². The molecule has 5 nitrogen and oxygen atoms in total. The van der Waals surface area contributed by atoms with E-state index in [4.69, 9.17) is 10.1 Å². The van der Waals surface area contributed by atoms with Gasteiger partial charge in [0.2, 0.25) is 0 Å². The Balaban J connectivity index is 2.04. The Morgan fingerprint density at radius 2 is 1.79 bits per heavy atom. The van der Waals surface area contributed by atoms with Crippen LogP contribution in [-0.4, -0.2) is 46.7 Å². The van der Waals surface area contributed by atoms with Crippen molar-refractivity contribution in [2.24, 2.45) is 0 Å². The molecule has 0 aliphatic carbocycles. The van der Waals surface area contributed by atoms with E-state index in [2.05, 4.69) is 62.4 Å². The first-order valence-electron chi connectivity index (χ1n) is 8.28. The fourth-order valence-electron chi connectivity index (χ4n) is 2.76. The van der Waals surface area contributed by atoms with Crippen LogP contribution in [0.4, 0.5) is 5.82 Å². The van der Waals surface area contributed by atoms with Gasteiger partial charge in [0.25, 0.3) is 0 Å². The Hall–Kier alpha value is -2.40. The first kappa shape index (κ1) is 16.5. The van der Waals surface area contributed by atoms with Crippen molar-refractivity contribution in [1.29, 1.82) is 0 Å². The zero-order chi connectivity index (χ0) is 17.3. The maximum atomic E-state index is 4.83. The largest absolute Gasteiger partial charge is 0.369 e. The molecular formula is C19H25N5. The summed E-state index contributed by atoms with van der Waals surface area (Å²) in [7, 11) is 4.14. The van der Waals surface area contributed by atoms with Gasteiger partial charge < -0.3 is 10.2 Å². The molecular weight excluding hydrogens is 298 g/mol. The summed E-state index contributed by atoms with van der Waals surface area (Å²) >= 11 is 0. The van der Waals surface area contributed by atoms with Crippen LogP contribution in [0, 0.1) is 20.8 Å². The van der Waals surface area contributed by atoms with Crippen LogP contribution >= 0.6 is 0 Å². The number of nitrogens with zero attached hydrogens (tertiary/aromatic N) is 4. The third-order valence-corrected chi connectivity index (χ3v) is 4.14. The fourth-order valence-corrected chi connectivity index (χ4v) is 2.76. The lowest BCUT2D eigenvalue weighted by atomic mass is 10.1. The van der Waals surface area contributed by atoms with Crippen LogP contribution in [0.3, 0.4) is 0 Å². The van der Waals surface area contributed by atoms with Gasteiger partial charge in [0.15, 0.2) is 5.65 Å². The molecule has 2 heterocycles. The maximum absolute atomic E-state index is 4.83. The quantitative estimate of drug-likeness (QED) is 0.782. The molecule has 3 rings (SSSR count).